The predicted octanol–water partition coefficient (Wildman–Crippen LogP) is 12.8. The Morgan fingerprint density at radius 2 is 1.12 bits per heavy atom. The first-order valence-electron chi connectivity index (χ1n) is 17.0. The van der Waals surface area contributed by atoms with E-state index in [2.05, 4.69) is 183 Å². The number of benzene rings is 8. The fourth-order valence-corrected chi connectivity index (χ4v) is 10.9. The van der Waals surface area contributed by atoms with Gasteiger partial charge < -0.3 is 0 Å². The van der Waals surface area contributed by atoms with Crippen LogP contribution in [0.4, 0.5) is 17.1 Å². The summed E-state index contributed by atoms with van der Waals surface area (Å²) in [6.45, 7) is 4.73. The van der Waals surface area contributed by atoms with Crippen molar-refractivity contribution in [3.63, 3.8) is 0 Å². The fourth-order valence-electron chi connectivity index (χ4n) is 8.24. The predicted molar refractivity (Wildman–Crippen MR) is 211 cm³/mol. The normalized spacial score (nSPS) is 13.3. The number of fused-ring (bicyclic) bond motifs is 10. The van der Waals surface area contributed by atoms with Crippen molar-refractivity contribution in [1.82, 2.24) is 0 Å². The quantitative estimate of drug-likeness (QED) is 0.131. The van der Waals surface area contributed by atoms with Crippen molar-refractivity contribution < 1.29 is 0 Å². The number of rotatable bonds is 4. The van der Waals surface area contributed by atoms with Crippen LogP contribution < -0.4 is 4.90 Å². The second-order valence-electron chi connectivity index (χ2n) is 13.7. The Kier molecular flexibility index (Phi) is 6.31. The van der Waals surface area contributed by atoms with Crippen molar-refractivity contribution in [3.8, 4) is 22.3 Å². The first-order valence-corrected chi connectivity index (χ1v) is 18.7. The van der Waals surface area contributed by atoms with Gasteiger partial charge in [-0.15, -0.1) is 0 Å². The minimum atomic E-state index is -0.0887. The molecule has 0 spiro atoms. The Hall–Kier alpha value is -5.40. The number of para-hydroxylation sites is 1. The van der Waals surface area contributed by atoms with Crippen LogP contribution in [0, 0.1) is 0 Å². The van der Waals surface area contributed by atoms with Gasteiger partial charge in [-0.3, -0.25) is 0 Å². The van der Waals surface area contributed by atoms with E-state index in [4.69, 9.17) is 0 Å². The fraction of sp³-hybridized carbons (Fsp3) is 0.0638. The van der Waals surface area contributed by atoms with Gasteiger partial charge in [0.25, 0.3) is 0 Å². The van der Waals surface area contributed by atoms with Gasteiger partial charge in [0.15, 0.2) is 0 Å². The summed E-state index contributed by atoms with van der Waals surface area (Å²) in [5, 5.41) is 8.13. The molecule has 1 aliphatic carbocycles. The summed E-state index contributed by atoms with van der Waals surface area (Å²) in [5.41, 5.74) is 11.3. The maximum absolute atomic E-state index is 2.47. The van der Waals surface area contributed by atoms with Gasteiger partial charge in [0.1, 0.15) is 0 Å². The summed E-state index contributed by atoms with van der Waals surface area (Å²) < 4.78 is 2.99. The average Bonchev–Trinajstić information content (AvgIpc) is 3.64. The van der Waals surface area contributed by atoms with Crippen LogP contribution in [0.3, 0.4) is 0 Å². The van der Waals surface area contributed by atoms with E-state index in [1.165, 1.54) is 85.6 Å². The van der Waals surface area contributed by atoms with Gasteiger partial charge in [0, 0.05) is 0 Å². The van der Waals surface area contributed by atoms with E-state index in [-0.39, 0.29) is 19.9 Å². The molecule has 0 bridgehead atoms. The van der Waals surface area contributed by atoms with E-state index in [0.717, 1.165) is 5.69 Å². The molecule has 10 rings (SSSR count). The third-order valence-electron chi connectivity index (χ3n) is 10.6. The van der Waals surface area contributed by atoms with E-state index in [1.807, 2.05) is 0 Å². The molecule has 1 heterocycles. The van der Waals surface area contributed by atoms with Crippen molar-refractivity contribution in [2.45, 2.75) is 19.3 Å². The van der Waals surface area contributed by atoms with Crippen LogP contribution in [-0.2, 0) is 5.41 Å². The van der Waals surface area contributed by atoms with E-state index < -0.39 is 0 Å². The number of hydrogen-bond acceptors (Lipinski definition) is 1. The molecule has 2 heteroatoms. The third-order valence-corrected chi connectivity index (χ3v) is 13.2. The van der Waals surface area contributed by atoms with Crippen molar-refractivity contribution in [3.05, 3.63) is 175 Å². The summed E-state index contributed by atoms with van der Waals surface area (Å²) in [4.78, 5) is 2.47. The van der Waals surface area contributed by atoms with Gasteiger partial charge in [-0.25, -0.2) is 0 Å². The second kappa shape index (κ2) is 10.8. The molecule has 49 heavy (non-hydrogen) atoms. The molecular formula is C47H33NSe. The molecule has 1 aromatic heterocycles. The molecule has 0 saturated carbocycles. The Morgan fingerprint density at radius 1 is 0.469 bits per heavy atom. The van der Waals surface area contributed by atoms with E-state index >= 15 is 0 Å². The molecule has 0 atom stereocenters. The van der Waals surface area contributed by atoms with Crippen molar-refractivity contribution in [1.29, 1.82) is 0 Å². The summed E-state index contributed by atoms with van der Waals surface area (Å²) in [6.07, 6.45) is 0. The van der Waals surface area contributed by atoms with Gasteiger partial charge in [0.2, 0.25) is 0 Å². The Morgan fingerprint density at radius 3 is 2.02 bits per heavy atom. The Bertz CT molecular complexity index is 2750. The molecular weight excluding hydrogens is 657 g/mol. The van der Waals surface area contributed by atoms with Gasteiger partial charge >= 0.3 is 263 Å². The SMILES string of the molecule is CC1(C)c2ccccc2-c2ccc(N(c3ccc4c(ccc5ccc6c7ccccc7[se]c6c54)c3)c3ccccc3-c3ccccc3)cc21. The molecule has 8 aromatic carbocycles. The third kappa shape index (κ3) is 4.31. The van der Waals surface area contributed by atoms with Crippen LogP contribution in [0.15, 0.2) is 164 Å². The van der Waals surface area contributed by atoms with Crippen LogP contribution in [0.25, 0.3) is 63.1 Å². The summed E-state index contributed by atoms with van der Waals surface area (Å²) >= 11 is 0.286. The molecule has 232 valence electrons. The zero-order chi connectivity index (χ0) is 32.7. The zero-order valence-electron chi connectivity index (χ0n) is 27.4. The molecule has 9 aromatic rings. The van der Waals surface area contributed by atoms with E-state index in [0.29, 0.717) is 0 Å². The van der Waals surface area contributed by atoms with Crippen molar-refractivity contribution in [2.24, 2.45) is 0 Å². The number of hydrogen-bond donors (Lipinski definition) is 0. The maximum atomic E-state index is 2.47. The molecule has 0 aliphatic heterocycles. The van der Waals surface area contributed by atoms with Gasteiger partial charge in [0.05, 0.1) is 0 Å². The Balaban J connectivity index is 1.22. The van der Waals surface area contributed by atoms with Crippen molar-refractivity contribution >= 4 is 72.4 Å². The van der Waals surface area contributed by atoms with Crippen molar-refractivity contribution in [2.75, 3.05) is 4.90 Å². The Labute approximate surface area is 292 Å². The van der Waals surface area contributed by atoms with E-state index in [9.17, 15) is 0 Å². The van der Waals surface area contributed by atoms with Crippen LogP contribution in [0.5, 0.6) is 0 Å². The van der Waals surface area contributed by atoms with Crippen LogP contribution in [0.1, 0.15) is 25.0 Å². The summed E-state index contributed by atoms with van der Waals surface area (Å²) in [7, 11) is 0. The molecule has 0 saturated heterocycles. The van der Waals surface area contributed by atoms with Crippen LogP contribution in [0.2, 0.25) is 0 Å². The van der Waals surface area contributed by atoms with Gasteiger partial charge in [-0.2, -0.15) is 0 Å². The van der Waals surface area contributed by atoms with Crippen LogP contribution >= 0.6 is 0 Å². The number of nitrogens with zero attached hydrogens (tertiary/aromatic N) is 1. The second-order valence-corrected chi connectivity index (χ2v) is 15.9. The monoisotopic (exact) mass is 691 g/mol. The standard InChI is InChI=1S/C47H33NSe/c1-47(2)41-17-9-6-15-37(41)38-27-24-34(29-42(38)47)48(43-18-10-7-14-35(43)30-12-4-3-5-13-30)33-23-26-36-32(28-33)21-20-31-22-25-40-39-16-8-11-19-44(39)49-46(40)45(31)36/h3-29H,1-2H3. The molecule has 0 amide bonds. The molecule has 0 fully saturated rings. The molecule has 1 nitrogen and oxygen atoms in total. The first-order chi connectivity index (χ1) is 24.1. The summed E-state index contributed by atoms with van der Waals surface area (Å²) in [6, 6.07) is 61.0. The minimum absolute atomic E-state index is 0.0887. The van der Waals surface area contributed by atoms with Gasteiger partial charge in [-0.1, -0.05) is 30.3 Å². The zero-order valence-corrected chi connectivity index (χ0v) is 29.2. The van der Waals surface area contributed by atoms with E-state index in [1.54, 1.807) is 0 Å². The summed E-state index contributed by atoms with van der Waals surface area (Å²) in [5.74, 6) is 0. The topological polar surface area (TPSA) is 3.24 Å². The molecule has 0 radical (unpaired) electrons. The van der Waals surface area contributed by atoms with Gasteiger partial charge in [-0.05, 0) is 0 Å². The first kappa shape index (κ1) is 28.6. The average molecular weight is 691 g/mol. The molecule has 0 N–H and O–H groups in total. The van der Waals surface area contributed by atoms with Crippen LogP contribution in [-0.4, -0.2) is 14.5 Å². The number of anilines is 3. The molecule has 0 unspecified atom stereocenters. The molecule has 1 aliphatic rings.